The van der Waals surface area contributed by atoms with Crippen LogP contribution in [0.4, 0.5) is 0 Å². The van der Waals surface area contributed by atoms with Gasteiger partial charge in [0.2, 0.25) is 5.91 Å². The highest BCUT2D eigenvalue weighted by Gasteiger charge is 2.54. The molecule has 4 heteroatoms. The van der Waals surface area contributed by atoms with Gasteiger partial charge in [0.25, 0.3) is 0 Å². The zero-order valence-electron chi connectivity index (χ0n) is 12.6. The molecule has 1 aromatic carbocycles. The van der Waals surface area contributed by atoms with E-state index in [9.17, 15) is 4.79 Å². The van der Waals surface area contributed by atoms with E-state index >= 15 is 0 Å². The Morgan fingerprint density at radius 2 is 2.10 bits per heavy atom. The number of ether oxygens (including phenoxy) is 1. The first-order chi connectivity index (χ1) is 10.2. The van der Waals surface area contributed by atoms with Gasteiger partial charge >= 0.3 is 0 Å². The number of nitrogens with zero attached hydrogens (tertiary/aromatic N) is 1. The number of carbonyl (C=O) groups is 1. The number of rotatable bonds is 4. The van der Waals surface area contributed by atoms with E-state index in [0.29, 0.717) is 6.54 Å². The van der Waals surface area contributed by atoms with Crippen molar-refractivity contribution in [3.8, 4) is 0 Å². The number of likely N-dealkylation sites (tertiary alicyclic amines) is 1. The first-order valence-electron chi connectivity index (χ1n) is 7.81. The van der Waals surface area contributed by atoms with Crippen LogP contribution in [0.1, 0.15) is 31.2 Å². The molecule has 1 aliphatic carbocycles. The summed E-state index contributed by atoms with van der Waals surface area (Å²) in [6.45, 7) is 1.27. The molecule has 1 aliphatic heterocycles. The fraction of sp³-hybridized carbons (Fsp3) is 0.588. The van der Waals surface area contributed by atoms with Crippen molar-refractivity contribution in [2.24, 2.45) is 5.73 Å². The standard InChI is InChI=1S/C17H24N2O2/c1-21-15-7-10-19(14(11-15)12-18)16(20)17(8-9-17)13-5-3-2-4-6-13/h2-6,14-15H,7-12,18H2,1H3. The lowest BCUT2D eigenvalue weighted by molar-refractivity contribution is -0.139. The Hall–Kier alpha value is -1.39. The van der Waals surface area contributed by atoms with E-state index in [4.69, 9.17) is 10.5 Å². The van der Waals surface area contributed by atoms with Crippen LogP contribution in [0.15, 0.2) is 30.3 Å². The summed E-state index contributed by atoms with van der Waals surface area (Å²) < 4.78 is 5.44. The van der Waals surface area contributed by atoms with E-state index in [1.807, 2.05) is 23.1 Å². The Labute approximate surface area is 126 Å². The van der Waals surface area contributed by atoms with E-state index in [0.717, 1.165) is 37.8 Å². The highest BCUT2D eigenvalue weighted by atomic mass is 16.5. The van der Waals surface area contributed by atoms with Crippen molar-refractivity contribution < 1.29 is 9.53 Å². The quantitative estimate of drug-likeness (QED) is 0.917. The highest BCUT2D eigenvalue weighted by Crippen LogP contribution is 2.50. The maximum absolute atomic E-state index is 13.1. The number of hydrogen-bond acceptors (Lipinski definition) is 3. The smallest absolute Gasteiger partial charge is 0.233 e. The molecule has 1 aromatic rings. The Kier molecular flexibility index (Phi) is 4.00. The number of piperidine rings is 1. The molecule has 1 heterocycles. The molecule has 2 N–H and O–H groups in total. The second kappa shape index (κ2) is 5.78. The van der Waals surface area contributed by atoms with Gasteiger partial charge in [-0.1, -0.05) is 30.3 Å². The molecule has 2 unspecified atom stereocenters. The van der Waals surface area contributed by atoms with E-state index in [2.05, 4.69) is 12.1 Å². The molecule has 0 radical (unpaired) electrons. The van der Waals surface area contributed by atoms with Crippen LogP contribution in [-0.4, -0.2) is 43.2 Å². The normalized spacial score (nSPS) is 27.4. The van der Waals surface area contributed by atoms with Gasteiger partial charge in [0, 0.05) is 26.2 Å². The summed E-state index contributed by atoms with van der Waals surface area (Å²) in [5, 5.41) is 0. The number of hydrogen-bond donors (Lipinski definition) is 1. The van der Waals surface area contributed by atoms with Gasteiger partial charge in [-0.2, -0.15) is 0 Å². The summed E-state index contributed by atoms with van der Waals surface area (Å²) in [7, 11) is 1.74. The summed E-state index contributed by atoms with van der Waals surface area (Å²) >= 11 is 0. The lowest BCUT2D eigenvalue weighted by Crippen LogP contribution is -2.54. The number of nitrogens with two attached hydrogens (primary N) is 1. The molecule has 1 amide bonds. The molecule has 0 bridgehead atoms. The molecule has 2 fully saturated rings. The third kappa shape index (κ3) is 2.58. The Bertz CT molecular complexity index is 499. The average Bonchev–Trinajstić information content (AvgIpc) is 3.36. The van der Waals surface area contributed by atoms with Gasteiger partial charge in [-0.3, -0.25) is 4.79 Å². The highest BCUT2D eigenvalue weighted by molar-refractivity contribution is 5.91. The van der Waals surface area contributed by atoms with Crippen LogP contribution in [0.25, 0.3) is 0 Å². The molecule has 2 atom stereocenters. The molecule has 1 saturated carbocycles. The van der Waals surface area contributed by atoms with Crippen molar-refractivity contribution in [1.82, 2.24) is 4.90 Å². The van der Waals surface area contributed by atoms with Crippen molar-refractivity contribution in [3.05, 3.63) is 35.9 Å². The second-order valence-corrected chi connectivity index (χ2v) is 6.22. The first kappa shape index (κ1) is 14.5. The Balaban J connectivity index is 1.79. The van der Waals surface area contributed by atoms with Gasteiger partial charge in [0.05, 0.1) is 11.5 Å². The van der Waals surface area contributed by atoms with Crippen molar-refractivity contribution in [2.75, 3.05) is 20.2 Å². The van der Waals surface area contributed by atoms with Crippen molar-refractivity contribution >= 4 is 5.91 Å². The zero-order valence-corrected chi connectivity index (χ0v) is 12.6. The molecule has 114 valence electrons. The number of carbonyl (C=O) groups excluding carboxylic acids is 1. The third-order valence-corrected chi connectivity index (χ3v) is 5.02. The Morgan fingerprint density at radius 3 is 2.67 bits per heavy atom. The number of methoxy groups -OCH3 is 1. The SMILES string of the molecule is COC1CCN(C(=O)C2(c3ccccc3)CC2)C(CN)C1. The van der Waals surface area contributed by atoms with Crippen LogP contribution >= 0.6 is 0 Å². The average molecular weight is 288 g/mol. The van der Waals surface area contributed by atoms with Crippen molar-refractivity contribution in [3.63, 3.8) is 0 Å². The van der Waals surface area contributed by atoms with Crippen LogP contribution < -0.4 is 5.73 Å². The van der Waals surface area contributed by atoms with Gasteiger partial charge in [-0.05, 0) is 31.2 Å². The minimum atomic E-state index is -0.283. The molecule has 2 aliphatic rings. The maximum Gasteiger partial charge on any atom is 0.233 e. The van der Waals surface area contributed by atoms with Crippen LogP contribution in [0.3, 0.4) is 0 Å². The van der Waals surface area contributed by atoms with Crippen molar-refractivity contribution in [1.29, 1.82) is 0 Å². The van der Waals surface area contributed by atoms with Gasteiger partial charge in [-0.25, -0.2) is 0 Å². The molecule has 0 spiro atoms. The summed E-state index contributed by atoms with van der Waals surface area (Å²) in [5.41, 5.74) is 6.77. The van der Waals surface area contributed by atoms with Gasteiger partial charge in [-0.15, -0.1) is 0 Å². The molecule has 1 saturated heterocycles. The fourth-order valence-electron chi connectivity index (χ4n) is 3.50. The molecule has 0 aromatic heterocycles. The summed E-state index contributed by atoms with van der Waals surface area (Å²) in [6, 6.07) is 10.3. The summed E-state index contributed by atoms with van der Waals surface area (Å²) in [5.74, 6) is 0.263. The van der Waals surface area contributed by atoms with Crippen LogP contribution in [0, 0.1) is 0 Å². The molecular weight excluding hydrogens is 264 g/mol. The van der Waals surface area contributed by atoms with Crippen LogP contribution in [0.5, 0.6) is 0 Å². The van der Waals surface area contributed by atoms with E-state index in [1.54, 1.807) is 7.11 Å². The largest absolute Gasteiger partial charge is 0.381 e. The maximum atomic E-state index is 13.1. The number of benzene rings is 1. The van der Waals surface area contributed by atoms with Gasteiger partial charge in [0.15, 0.2) is 0 Å². The van der Waals surface area contributed by atoms with E-state index in [1.165, 1.54) is 0 Å². The van der Waals surface area contributed by atoms with Crippen LogP contribution in [0.2, 0.25) is 0 Å². The fourth-order valence-corrected chi connectivity index (χ4v) is 3.50. The van der Waals surface area contributed by atoms with E-state index in [-0.39, 0.29) is 23.5 Å². The third-order valence-electron chi connectivity index (χ3n) is 5.02. The lowest BCUT2D eigenvalue weighted by atomic mass is 9.91. The Morgan fingerprint density at radius 1 is 1.38 bits per heavy atom. The zero-order chi connectivity index (χ0) is 14.9. The summed E-state index contributed by atoms with van der Waals surface area (Å²) in [4.78, 5) is 15.1. The van der Waals surface area contributed by atoms with Crippen LogP contribution in [-0.2, 0) is 14.9 Å². The second-order valence-electron chi connectivity index (χ2n) is 6.22. The van der Waals surface area contributed by atoms with Gasteiger partial charge < -0.3 is 15.4 Å². The molecule has 4 nitrogen and oxygen atoms in total. The number of amides is 1. The predicted octanol–water partition coefficient (Wildman–Crippen LogP) is 1.68. The van der Waals surface area contributed by atoms with Crippen molar-refractivity contribution in [2.45, 2.75) is 43.2 Å². The minimum Gasteiger partial charge on any atom is -0.381 e. The lowest BCUT2D eigenvalue weighted by Gasteiger charge is -2.40. The van der Waals surface area contributed by atoms with E-state index < -0.39 is 0 Å². The first-order valence-corrected chi connectivity index (χ1v) is 7.81. The monoisotopic (exact) mass is 288 g/mol. The molecule has 3 rings (SSSR count). The molecule has 21 heavy (non-hydrogen) atoms. The minimum absolute atomic E-state index is 0.109. The summed E-state index contributed by atoms with van der Waals surface area (Å²) in [6.07, 6.45) is 3.90. The predicted molar refractivity (Wildman–Crippen MR) is 81.9 cm³/mol. The molecular formula is C17H24N2O2. The van der Waals surface area contributed by atoms with Gasteiger partial charge in [0.1, 0.15) is 0 Å². The topological polar surface area (TPSA) is 55.6 Å².